The molecule has 6 heteroatoms. The van der Waals surface area contributed by atoms with Crippen molar-refractivity contribution in [1.82, 2.24) is 0 Å². The topological polar surface area (TPSA) is 85.2 Å². The van der Waals surface area contributed by atoms with E-state index in [0.717, 1.165) is 44.9 Å². The number of hydrogen-bond donors (Lipinski definition) is 2. The van der Waals surface area contributed by atoms with E-state index in [-0.39, 0.29) is 46.9 Å². The average Bonchev–Trinajstić information content (AvgIpc) is 3.34. The molecule has 2 spiro atoms. The van der Waals surface area contributed by atoms with Crippen molar-refractivity contribution in [2.45, 2.75) is 121 Å². The molecule has 0 aromatic carbocycles. The summed E-state index contributed by atoms with van der Waals surface area (Å²) in [4.78, 5) is 13.9. The largest absolute Gasteiger partial charge is 0.453 e. The fourth-order valence-electron chi connectivity index (χ4n) is 10.9. The predicted octanol–water partition coefficient (Wildman–Crippen LogP) is 3.81. The van der Waals surface area contributed by atoms with E-state index in [4.69, 9.17) is 14.2 Å². The molecule has 0 amide bonds. The Hall–Kier alpha value is -0.690. The molecule has 2 N–H and O–H groups in total. The molecule has 1 unspecified atom stereocenters. The summed E-state index contributed by atoms with van der Waals surface area (Å²) in [6.45, 7) is 10.8. The highest BCUT2D eigenvalue weighted by Gasteiger charge is 2.85. The number of ether oxygens (including phenoxy) is 3. The van der Waals surface area contributed by atoms with Crippen LogP contribution in [0.15, 0.2) is 0 Å². The van der Waals surface area contributed by atoms with E-state index in [0.29, 0.717) is 24.2 Å². The van der Waals surface area contributed by atoms with Gasteiger partial charge in [0.05, 0.1) is 29.3 Å². The van der Waals surface area contributed by atoms with Crippen LogP contribution in [-0.2, 0) is 19.0 Å². The summed E-state index contributed by atoms with van der Waals surface area (Å²) < 4.78 is 19.9. The molecule has 13 atom stereocenters. The Kier molecular flexibility index (Phi) is 4.24. The van der Waals surface area contributed by atoms with Crippen molar-refractivity contribution in [3.63, 3.8) is 0 Å². The molecule has 4 saturated carbocycles. The van der Waals surface area contributed by atoms with Crippen molar-refractivity contribution in [2.75, 3.05) is 0 Å². The lowest BCUT2D eigenvalue weighted by molar-refractivity contribution is -0.291. The second-order valence-electron chi connectivity index (χ2n) is 14.2. The molecule has 7 fully saturated rings. The Labute approximate surface area is 203 Å². The molecule has 3 saturated heterocycles. The molecule has 0 aromatic heterocycles. The Balaban J connectivity index is 1.28. The van der Waals surface area contributed by atoms with Gasteiger partial charge >= 0.3 is 5.97 Å². The van der Waals surface area contributed by atoms with Crippen LogP contribution in [-0.4, -0.2) is 51.5 Å². The van der Waals surface area contributed by atoms with Gasteiger partial charge in [-0.2, -0.15) is 0 Å². The van der Waals surface area contributed by atoms with E-state index in [1.807, 2.05) is 0 Å². The van der Waals surface area contributed by atoms with Crippen LogP contribution in [0, 0.1) is 46.3 Å². The molecule has 0 bridgehead atoms. The molecular formula is C28H42O6. The van der Waals surface area contributed by atoms with Crippen molar-refractivity contribution in [3.05, 3.63) is 0 Å². The maximum Gasteiger partial charge on any atom is 0.313 e. The van der Waals surface area contributed by atoms with Gasteiger partial charge in [0.2, 0.25) is 5.79 Å². The van der Waals surface area contributed by atoms with E-state index in [9.17, 15) is 15.0 Å². The predicted molar refractivity (Wildman–Crippen MR) is 123 cm³/mol. The van der Waals surface area contributed by atoms with Crippen molar-refractivity contribution in [1.29, 1.82) is 0 Å². The van der Waals surface area contributed by atoms with Crippen molar-refractivity contribution in [3.8, 4) is 0 Å². The number of rotatable bonds is 0. The summed E-state index contributed by atoms with van der Waals surface area (Å²) in [7, 11) is 0. The fraction of sp³-hybridized carbons (Fsp3) is 0.964. The van der Waals surface area contributed by atoms with Gasteiger partial charge in [0, 0.05) is 12.3 Å². The van der Waals surface area contributed by atoms with Gasteiger partial charge in [-0.3, -0.25) is 4.79 Å². The standard InChI is InChI=1S/C28H42O6/c1-14-12-28(34-24(14,2)3)26(5)22-20(32-28)11-18-17-7-6-15-10-16(29)8-9-25(15,4)21(17)19(30)13-27(18,22)23(31)33-26/h14-22,29-30H,6-13H2,1-5H3/t14-,15?,16+,17-,18-,19-,20-,21+,22+,25-,26+,27+,28-/m0/s1. The maximum atomic E-state index is 13.9. The van der Waals surface area contributed by atoms with Gasteiger partial charge in [-0.05, 0) is 101 Å². The number of hydrogen-bond acceptors (Lipinski definition) is 6. The molecule has 3 heterocycles. The lowest BCUT2D eigenvalue weighted by atomic mass is 9.43. The summed E-state index contributed by atoms with van der Waals surface area (Å²) in [5.41, 5.74) is -1.78. The van der Waals surface area contributed by atoms with Crippen LogP contribution in [0.3, 0.4) is 0 Å². The Morgan fingerprint density at radius 1 is 1.00 bits per heavy atom. The van der Waals surface area contributed by atoms with Crippen molar-refractivity contribution >= 4 is 5.97 Å². The van der Waals surface area contributed by atoms with E-state index in [2.05, 4.69) is 34.6 Å². The third-order valence-electron chi connectivity index (χ3n) is 12.7. The summed E-state index contributed by atoms with van der Waals surface area (Å²) in [5, 5.41) is 22.1. The first kappa shape index (κ1) is 22.5. The first-order valence-corrected chi connectivity index (χ1v) is 13.9. The fourth-order valence-corrected chi connectivity index (χ4v) is 10.9. The minimum absolute atomic E-state index is 0.0305. The third kappa shape index (κ3) is 2.32. The third-order valence-corrected chi connectivity index (χ3v) is 12.7. The Morgan fingerprint density at radius 3 is 2.47 bits per heavy atom. The molecule has 190 valence electrons. The van der Waals surface area contributed by atoms with Crippen LogP contribution in [0.1, 0.15) is 86.0 Å². The number of carbonyl (C=O) groups is 1. The molecule has 6 nitrogen and oxygen atoms in total. The van der Waals surface area contributed by atoms with Gasteiger partial charge in [-0.15, -0.1) is 0 Å². The smallest absolute Gasteiger partial charge is 0.313 e. The van der Waals surface area contributed by atoms with Gasteiger partial charge in [0.25, 0.3) is 0 Å². The van der Waals surface area contributed by atoms with Gasteiger partial charge < -0.3 is 24.4 Å². The van der Waals surface area contributed by atoms with Gasteiger partial charge in [-0.1, -0.05) is 13.8 Å². The molecular weight excluding hydrogens is 432 g/mol. The van der Waals surface area contributed by atoms with Crippen LogP contribution < -0.4 is 0 Å². The van der Waals surface area contributed by atoms with E-state index >= 15 is 0 Å². The second-order valence-corrected chi connectivity index (χ2v) is 14.2. The van der Waals surface area contributed by atoms with E-state index in [1.165, 1.54) is 0 Å². The monoisotopic (exact) mass is 474 g/mol. The van der Waals surface area contributed by atoms with Crippen LogP contribution >= 0.6 is 0 Å². The lowest BCUT2D eigenvalue weighted by Crippen LogP contribution is -2.61. The molecule has 0 aromatic rings. The summed E-state index contributed by atoms with van der Waals surface area (Å²) in [5.74, 6) is 0.376. The highest BCUT2D eigenvalue weighted by molar-refractivity contribution is 5.83. The summed E-state index contributed by atoms with van der Waals surface area (Å²) in [6, 6.07) is 0. The number of fused-ring (bicyclic) bond motifs is 5. The van der Waals surface area contributed by atoms with Crippen molar-refractivity contribution in [2.24, 2.45) is 46.3 Å². The van der Waals surface area contributed by atoms with Gasteiger partial charge in [0.1, 0.15) is 0 Å². The maximum absolute atomic E-state index is 13.9. The number of aliphatic hydroxyl groups excluding tert-OH is 2. The Bertz CT molecular complexity index is 934. The van der Waals surface area contributed by atoms with Gasteiger partial charge in [-0.25, -0.2) is 0 Å². The molecule has 4 aliphatic carbocycles. The summed E-state index contributed by atoms with van der Waals surface area (Å²) >= 11 is 0. The quantitative estimate of drug-likeness (QED) is 0.520. The average molecular weight is 475 g/mol. The zero-order valence-corrected chi connectivity index (χ0v) is 21.4. The van der Waals surface area contributed by atoms with Crippen LogP contribution in [0.5, 0.6) is 0 Å². The zero-order chi connectivity index (χ0) is 24.1. The molecule has 0 radical (unpaired) electrons. The molecule has 7 aliphatic rings. The minimum Gasteiger partial charge on any atom is -0.453 e. The number of aliphatic hydroxyl groups is 2. The molecule has 7 rings (SSSR count). The normalized spacial score (nSPS) is 63.3. The van der Waals surface area contributed by atoms with Crippen molar-refractivity contribution < 1.29 is 29.2 Å². The zero-order valence-electron chi connectivity index (χ0n) is 21.4. The Morgan fingerprint density at radius 2 is 1.76 bits per heavy atom. The van der Waals surface area contributed by atoms with Gasteiger partial charge in [0.15, 0.2) is 5.60 Å². The van der Waals surface area contributed by atoms with Crippen LogP contribution in [0.4, 0.5) is 0 Å². The minimum atomic E-state index is -0.889. The van der Waals surface area contributed by atoms with Crippen LogP contribution in [0.2, 0.25) is 0 Å². The highest BCUT2D eigenvalue weighted by Crippen LogP contribution is 2.76. The highest BCUT2D eigenvalue weighted by atomic mass is 16.8. The first-order chi connectivity index (χ1) is 15.9. The first-order valence-electron chi connectivity index (χ1n) is 13.9. The number of carbonyl (C=O) groups excluding carboxylic acids is 1. The number of esters is 1. The summed E-state index contributed by atoms with van der Waals surface area (Å²) in [6.07, 6.45) is 6.03. The van der Waals surface area contributed by atoms with Crippen LogP contribution in [0.25, 0.3) is 0 Å². The molecule has 3 aliphatic heterocycles. The van der Waals surface area contributed by atoms with E-state index in [1.54, 1.807) is 0 Å². The second kappa shape index (κ2) is 6.41. The molecule has 34 heavy (non-hydrogen) atoms. The lowest BCUT2D eigenvalue weighted by Gasteiger charge is -2.61. The van der Waals surface area contributed by atoms with E-state index < -0.39 is 22.9 Å². The SMILES string of the molecule is C[C@H]1C[C@]2(O[C@H]3C[C@H]4[C@@H]5CCC6C[C@H](O)CC[C@]6(C)[C@H]5[C@@H](O)C[C@@]45C(=O)O[C@]2(C)[C@@H]35)OC1(C)C.